The summed E-state index contributed by atoms with van der Waals surface area (Å²) in [6, 6.07) is 58.1. The fraction of sp³-hybridized carbons (Fsp3) is 0.158. The van der Waals surface area contributed by atoms with E-state index in [2.05, 4.69) is 203 Å². The fourth-order valence-electron chi connectivity index (χ4n) is 12.2. The van der Waals surface area contributed by atoms with Gasteiger partial charge in [0.25, 0.3) is 0 Å². The number of rotatable bonds is 0. The van der Waals surface area contributed by atoms with Gasteiger partial charge in [0.05, 0.1) is 16.8 Å². The monoisotopic (exact) mass is 782 g/mol. The first-order valence-electron chi connectivity index (χ1n) is 21.9. The first-order chi connectivity index (χ1) is 29.5. The van der Waals surface area contributed by atoms with Gasteiger partial charge in [-0.25, -0.2) is 0 Å². The maximum absolute atomic E-state index is 7.19. The van der Waals surface area contributed by atoms with E-state index in [0.717, 1.165) is 27.6 Å². The van der Waals surface area contributed by atoms with E-state index in [0.29, 0.717) is 0 Å². The van der Waals surface area contributed by atoms with Gasteiger partial charge < -0.3 is 13.8 Å². The van der Waals surface area contributed by atoms with Gasteiger partial charge in [-0.15, -0.1) is 0 Å². The molecule has 14 rings (SSSR count). The Morgan fingerprint density at radius 3 is 1.90 bits per heavy atom. The lowest BCUT2D eigenvalue weighted by molar-refractivity contribution is 0.590. The van der Waals surface area contributed by atoms with Crippen LogP contribution in [0, 0.1) is 0 Å². The Bertz CT molecular complexity index is 3600. The Labute approximate surface area is 356 Å². The molecule has 3 nitrogen and oxygen atoms in total. The van der Waals surface area contributed by atoms with Crippen LogP contribution >= 0.6 is 0 Å². The van der Waals surface area contributed by atoms with Gasteiger partial charge >= 0.3 is 6.85 Å². The summed E-state index contributed by atoms with van der Waals surface area (Å²) in [6.07, 6.45) is 0. The molecule has 1 aliphatic carbocycles. The van der Waals surface area contributed by atoms with Crippen molar-refractivity contribution in [1.82, 2.24) is 4.48 Å². The van der Waals surface area contributed by atoms with Crippen LogP contribution in [0.3, 0.4) is 0 Å². The summed E-state index contributed by atoms with van der Waals surface area (Å²) in [4.78, 5) is 2.62. The molecule has 0 saturated carbocycles. The van der Waals surface area contributed by atoms with Crippen molar-refractivity contribution in [1.29, 1.82) is 0 Å². The SMILES string of the molecule is CC(C)(C)c1ccc2c(c1)c1cc(C(C)(C)C)cc3c1n2B1c2cccc4c2N(c2ccccc2C42c4ccccc4-c4ccccc42)c2c1c-3cc1c2oc2ccccc21. The summed E-state index contributed by atoms with van der Waals surface area (Å²) in [6.45, 7) is 14.0. The Balaban J connectivity index is 1.22. The summed E-state index contributed by atoms with van der Waals surface area (Å²) in [5.41, 5.74) is 23.4. The maximum atomic E-state index is 7.19. The zero-order chi connectivity index (χ0) is 40.9. The number of aromatic nitrogens is 1. The molecule has 0 fully saturated rings. The van der Waals surface area contributed by atoms with Crippen LogP contribution in [0.5, 0.6) is 0 Å². The molecule has 0 saturated heterocycles. The normalized spacial score (nSPS) is 15.1. The minimum absolute atomic E-state index is 0.00828. The van der Waals surface area contributed by atoms with Gasteiger partial charge in [-0.1, -0.05) is 151 Å². The van der Waals surface area contributed by atoms with Crippen molar-refractivity contribution in [2.24, 2.45) is 0 Å². The number of anilines is 3. The van der Waals surface area contributed by atoms with Crippen molar-refractivity contribution in [3.63, 3.8) is 0 Å². The molecule has 4 aliphatic rings. The molecular formula is C57H43BN2O. The summed E-state index contributed by atoms with van der Waals surface area (Å²) in [5.74, 6) is 0. The molecular weight excluding hydrogens is 739 g/mol. The van der Waals surface area contributed by atoms with Crippen LogP contribution in [0.4, 0.5) is 17.1 Å². The third-order valence-corrected chi connectivity index (χ3v) is 14.8. The number of fused-ring (bicyclic) bond motifs is 20. The molecule has 0 bridgehead atoms. The molecule has 5 heterocycles. The average Bonchev–Trinajstić information content (AvgIpc) is 3.90. The Morgan fingerprint density at radius 1 is 0.492 bits per heavy atom. The zero-order valence-electron chi connectivity index (χ0n) is 35.3. The molecule has 8 aromatic carbocycles. The minimum Gasteiger partial charge on any atom is -0.454 e. The average molecular weight is 783 g/mol. The quantitative estimate of drug-likeness (QED) is 0.143. The molecule has 2 aromatic heterocycles. The second kappa shape index (κ2) is 10.9. The molecule has 4 heteroatoms. The number of nitrogens with zero attached hydrogens (tertiary/aromatic N) is 2. The van der Waals surface area contributed by atoms with Gasteiger partial charge in [-0.2, -0.15) is 0 Å². The Morgan fingerprint density at radius 2 is 1.15 bits per heavy atom. The molecule has 0 amide bonds. The smallest absolute Gasteiger partial charge is 0.333 e. The highest BCUT2D eigenvalue weighted by atomic mass is 16.3. The van der Waals surface area contributed by atoms with E-state index in [1.165, 1.54) is 99.7 Å². The Kier molecular flexibility index (Phi) is 6.09. The standard InChI is InChI=1S/C57H43BN2O/c1-55(2,3)32-26-27-47-37(28-32)39-29-33(56(4,5)6)30-40-38-31-41-36-18-9-14-25-49(36)61-54(41)53-50(38)58(60(47)51(39)40)46-23-15-22-45-52(46)59(53)48-24-13-12-21-44(48)57(45)42-19-10-7-16-34(42)35-17-8-11-20-43(35)57/h7-31H,1-6H3. The molecule has 0 N–H and O–H groups in total. The van der Waals surface area contributed by atoms with E-state index >= 15 is 0 Å². The third kappa shape index (κ3) is 3.94. The molecule has 290 valence electrons. The first-order valence-corrected chi connectivity index (χ1v) is 21.9. The second-order valence-corrected chi connectivity index (χ2v) is 20.0. The van der Waals surface area contributed by atoms with Gasteiger partial charge in [0.1, 0.15) is 5.58 Å². The van der Waals surface area contributed by atoms with E-state index in [9.17, 15) is 0 Å². The van der Waals surface area contributed by atoms with Gasteiger partial charge in [0.2, 0.25) is 0 Å². The lowest BCUT2D eigenvalue weighted by Crippen LogP contribution is -2.58. The van der Waals surface area contributed by atoms with Crippen LogP contribution in [-0.2, 0) is 16.2 Å². The van der Waals surface area contributed by atoms with Crippen LogP contribution in [0.2, 0.25) is 0 Å². The topological polar surface area (TPSA) is 21.3 Å². The lowest BCUT2D eigenvalue weighted by Gasteiger charge is -2.49. The van der Waals surface area contributed by atoms with Gasteiger partial charge in [0, 0.05) is 43.8 Å². The molecule has 10 aromatic rings. The number of benzene rings is 8. The molecule has 61 heavy (non-hydrogen) atoms. The van der Waals surface area contributed by atoms with Crippen molar-refractivity contribution in [3.8, 4) is 22.3 Å². The summed E-state index contributed by atoms with van der Waals surface area (Å²) in [5, 5.41) is 4.97. The van der Waals surface area contributed by atoms with Crippen molar-refractivity contribution < 1.29 is 4.42 Å². The second-order valence-electron chi connectivity index (χ2n) is 20.0. The molecule has 3 aliphatic heterocycles. The molecule has 0 unspecified atom stereocenters. The fourth-order valence-corrected chi connectivity index (χ4v) is 12.2. The summed E-state index contributed by atoms with van der Waals surface area (Å²) in [7, 11) is 0. The van der Waals surface area contributed by atoms with E-state index in [-0.39, 0.29) is 17.7 Å². The van der Waals surface area contributed by atoms with Crippen molar-refractivity contribution in [3.05, 3.63) is 185 Å². The molecule has 1 spiro atoms. The maximum Gasteiger partial charge on any atom is 0.333 e. The molecule has 0 radical (unpaired) electrons. The minimum atomic E-state index is -0.516. The predicted octanol–water partition coefficient (Wildman–Crippen LogP) is 13.4. The highest BCUT2D eigenvalue weighted by molar-refractivity contribution is 6.90. The van der Waals surface area contributed by atoms with E-state index < -0.39 is 5.41 Å². The van der Waals surface area contributed by atoms with E-state index in [1.54, 1.807) is 0 Å². The van der Waals surface area contributed by atoms with E-state index in [1.807, 2.05) is 0 Å². The van der Waals surface area contributed by atoms with Crippen molar-refractivity contribution in [2.75, 3.05) is 4.90 Å². The number of hydrogen-bond acceptors (Lipinski definition) is 2. The summed E-state index contributed by atoms with van der Waals surface area (Å²) >= 11 is 0. The molecule has 0 atom stereocenters. The van der Waals surface area contributed by atoms with Gasteiger partial charge in [-0.3, -0.25) is 0 Å². The van der Waals surface area contributed by atoms with Crippen LogP contribution in [-0.4, -0.2) is 11.3 Å². The Hall–Kier alpha value is -6.78. The third-order valence-electron chi connectivity index (χ3n) is 14.8. The lowest BCUT2D eigenvalue weighted by atomic mass is 9.43. The van der Waals surface area contributed by atoms with Crippen molar-refractivity contribution in [2.45, 2.75) is 57.8 Å². The largest absolute Gasteiger partial charge is 0.454 e. The van der Waals surface area contributed by atoms with E-state index in [4.69, 9.17) is 4.42 Å². The van der Waals surface area contributed by atoms with Gasteiger partial charge in [0.15, 0.2) is 5.58 Å². The number of para-hydroxylation sites is 3. The van der Waals surface area contributed by atoms with Crippen molar-refractivity contribution >= 4 is 78.6 Å². The number of furan rings is 1. The highest BCUT2D eigenvalue weighted by Gasteiger charge is 2.55. The van der Waals surface area contributed by atoms with Crippen LogP contribution < -0.4 is 15.8 Å². The van der Waals surface area contributed by atoms with Crippen LogP contribution in [0.25, 0.3) is 66.0 Å². The van der Waals surface area contributed by atoms with Crippen LogP contribution in [0.15, 0.2) is 156 Å². The summed E-state index contributed by atoms with van der Waals surface area (Å²) < 4.78 is 9.91. The highest BCUT2D eigenvalue weighted by Crippen LogP contribution is 2.64. The first kappa shape index (κ1) is 34.0. The number of hydrogen-bond donors (Lipinski definition) is 0. The zero-order valence-corrected chi connectivity index (χ0v) is 35.3. The van der Waals surface area contributed by atoms with Gasteiger partial charge in [-0.05, 0) is 114 Å². The van der Waals surface area contributed by atoms with Crippen LogP contribution in [0.1, 0.15) is 74.9 Å². The predicted molar refractivity (Wildman–Crippen MR) is 256 cm³/mol.